The number of halogens is 6. The van der Waals surface area contributed by atoms with E-state index in [0.717, 1.165) is 26.8 Å². The Balaban J connectivity index is 1.29. The Bertz CT molecular complexity index is 2180. The van der Waals surface area contributed by atoms with Crippen LogP contribution in [0, 0.1) is 0 Å². The summed E-state index contributed by atoms with van der Waals surface area (Å²) in [6, 6.07) is 48.1. The van der Waals surface area contributed by atoms with Crippen LogP contribution in [-0.2, 0) is 0 Å². The van der Waals surface area contributed by atoms with Crippen molar-refractivity contribution in [2.24, 2.45) is 0 Å². The molecule has 3 aliphatic carbocycles. The van der Waals surface area contributed by atoms with Crippen LogP contribution >= 0.6 is 95.6 Å². The zero-order valence-electron chi connectivity index (χ0n) is 26.6. The first-order valence-corrected chi connectivity index (χ1v) is 21.4. The van der Waals surface area contributed by atoms with Gasteiger partial charge in [0.05, 0.1) is 0 Å². The predicted molar refractivity (Wildman–Crippen MR) is 231 cm³/mol. The van der Waals surface area contributed by atoms with Crippen molar-refractivity contribution in [1.82, 2.24) is 0 Å². The molecule has 0 radical (unpaired) electrons. The summed E-state index contributed by atoms with van der Waals surface area (Å²) in [7, 11) is 0. The molecule has 0 saturated carbocycles. The van der Waals surface area contributed by atoms with Gasteiger partial charge in [0.2, 0.25) is 0 Å². The van der Waals surface area contributed by atoms with E-state index in [9.17, 15) is 0 Å². The average molecular weight is 1040 g/mol. The molecular formula is C45H24Br6. The molecule has 246 valence electrons. The summed E-state index contributed by atoms with van der Waals surface area (Å²) in [6.45, 7) is 0. The molecule has 3 aliphatic rings. The molecule has 0 bridgehead atoms. The lowest BCUT2D eigenvalue weighted by atomic mass is 9.79. The molecule has 6 heteroatoms. The summed E-state index contributed by atoms with van der Waals surface area (Å²) in [5.41, 5.74) is 19.7. The molecule has 0 aliphatic heterocycles. The third kappa shape index (κ3) is 5.33. The standard InChI is InChI=1S/C45H24Br6/c46-25-1-7-31-32-8-2-26(47)17-38(32)43(37(31)16-25)22-13-23(44-39-18-27(48)3-9-33(39)34-10-4-28(49)19-40(34)44)15-24(14-22)45-41-20-29(50)5-11-35(41)36-12-6-30(51)21-42(36)45/h1-21,43-45H. The lowest BCUT2D eigenvalue weighted by Gasteiger charge is -2.24. The smallest absolute Gasteiger partial charge is 0.0353 e. The molecule has 10 rings (SSSR count). The van der Waals surface area contributed by atoms with E-state index in [2.05, 4.69) is 223 Å². The van der Waals surface area contributed by atoms with E-state index in [1.165, 1.54) is 83.5 Å². The van der Waals surface area contributed by atoms with Gasteiger partial charge in [-0.3, -0.25) is 0 Å². The van der Waals surface area contributed by atoms with Gasteiger partial charge in [-0.1, -0.05) is 150 Å². The fourth-order valence-electron chi connectivity index (χ4n) is 8.89. The van der Waals surface area contributed by atoms with Crippen LogP contribution in [0.2, 0.25) is 0 Å². The van der Waals surface area contributed by atoms with E-state index in [1.807, 2.05) is 0 Å². The van der Waals surface area contributed by atoms with Crippen molar-refractivity contribution in [3.05, 3.63) is 204 Å². The Morgan fingerprint density at radius 3 is 0.588 bits per heavy atom. The summed E-state index contributed by atoms with van der Waals surface area (Å²) < 4.78 is 6.56. The Hall–Kier alpha value is -2.58. The first-order valence-electron chi connectivity index (χ1n) is 16.6. The first-order chi connectivity index (χ1) is 24.7. The summed E-state index contributed by atoms with van der Waals surface area (Å²) in [6.07, 6.45) is 0. The van der Waals surface area contributed by atoms with E-state index < -0.39 is 0 Å². The van der Waals surface area contributed by atoms with Gasteiger partial charge in [-0.25, -0.2) is 0 Å². The Morgan fingerprint density at radius 2 is 0.412 bits per heavy atom. The van der Waals surface area contributed by atoms with Crippen molar-refractivity contribution in [2.45, 2.75) is 17.8 Å². The summed E-state index contributed by atoms with van der Waals surface area (Å²) >= 11 is 23.0. The summed E-state index contributed by atoms with van der Waals surface area (Å²) in [4.78, 5) is 0. The quantitative estimate of drug-likeness (QED) is 0.165. The molecule has 0 aromatic heterocycles. The van der Waals surface area contributed by atoms with Crippen LogP contribution in [0.25, 0.3) is 33.4 Å². The van der Waals surface area contributed by atoms with Crippen LogP contribution in [0.4, 0.5) is 0 Å². The third-order valence-corrected chi connectivity index (χ3v) is 13.8. The van der Waals surface area contributed by atoms with E-state index in [1.54, 1.807) is 0 Å². The lowest BCUT2D eigenvalue weighted by molar-refractivity contribution is 0.934. The molecule has 0 saturated heterocycles. The molecule has 0 unspecified atom stereocenters. The number of benzene rings is 7. The van der Waals surface area contributed by atoms with Crippen LogP contribution in [0.3, 0.4) is 0 Å². The highest BCUT2D eigenvalue weighted by molar-refractivity contribution is 9.11. The average Bonchev–Trinajstić information content (AvgIpc) is 3.71. The van der Waals surface area contributed by atoms with Crippen molar-refractivity contribution in [1.29, 1.82) is 0 Å². The van der Waals surface area contributed by atoms with Crippen LogP contribution in [0.15, 0.2) is 154 Å². The van der Waals surface area contributed by atoms with Gasteiger partial charge in [0.1, 0.15) is 0 Å². The number of fused-ring (bicyclic) bond motifs is 9. The number of hydrogen-bond donors (Lipinski definition) is 0. The van der Waals surface area contributed by atoms with E-state index >= 15 is 0 Å². The van der Waals surface area contributed by atoms with Gasteiger partial charge in [-0.05, 0) is 156 Å². The Morgan fingerprint density at radius 1 is 0.235 bits per heavy atom. The second kappa shape index (κ2) is 12.5. The fraction of sp³-hybridized carbons (Fsp3) is 0.0667. The lowest BCUT2D eigenvalue weighted by Crippen LogP contribution is -2.08. The molecule has 0 amide bonds. The highest BCUT2D eigenvalue weighted by Gasteiger charge is 2.37. The zero-order chi connectivity index (χ0) is 34.7. The van der Waals surface area contributed by atoms with Crippen molar-refractivity contribution >= 4 is 95.6 Å². The molecule has 0 nitrogen and oxygen atoms in total. The van der Waals surface area contributed by atoms with Gasteiger partial charge in [-0.15, -0.1) is 0 Å². The van der Waals surface area contributed by atoms with Crippen molar-refractivity contribution < 1.29 is 0 Å². The molecule has 0 heterocycles. The Labute approximate surface area is 347 Å². The van der Waals surface area contributed by atoms with Crippen molar-refractivity contribution in [3.63, 3.8) is 0 Å². The van der Waals surface area contributed by atoms with E-state index in [-0.39, 0.29) is 17.8 Å². The minimum Gasteiger partial charge on any atom is -0.0539 e. The van der Waals surface area contributed by atoms with Gasteiger partial charge in [0, 0.05) is 44.6 Å². The fourth-order valence-corrected chi connectivity index (χ4v) is 11.2. The van der Waals surface area contributed by atoms with E-state index in [4.69, 9.17) is 0 Å². The highest BCUT2D eigenvalue weighted by Crippen LogP contribution is 2.55. The second-order valence-electron chi connectivity index (χ2n) is 13.6. The monoisotopic (exact) mass is 1040 g/mol. The summed E-state index contributed by atoms with van der Waals surface area (Å²) in [5.74, 6) is 0.207. The van der Waals surface area contributed by atoms with Gasteiger partial charge in [0.15, 0.2) is 0 Å². The van der Waals surface area contributed by atoms with Crippen molar-refractivity contribution in [2.75, 3.05) is 0 Å². The normalized spacial score (nSPS) is 14.2. The maximum atomic E-state index is 3.83. The predicted octanol–water partition coefficient (Wildman–Crippen LogP) is 15.7. The molecule has 7 aromatic rings. The Kier molecular flexibility index (Phi) is 8.09. The van der Waals surface area contributed by atoms with Gasteiger partial charge < -0.3 is 0 Å². The molecule has 0 atom stereocenters. The molecule has 7 aromatic carbocycles. The first kappa shape index (κ1) is 33.0. The van der Waals surface area contributed by atoms with Gasteiger partial charge >= 0.3 is 0 Å². The minimum atomic E-state index is 0.0689. The van der Waals surface area contributed by atoms with Crippen LogP contribution in [-0.4, -0.2) is 0 Å². The summed E-state index contributed by atoms with van der Waals surface area (Å²) in [5, 5.41) is 0. The maximum absolute atomic E-state index is 3.83. The largest absolute Gasteiger partial charge is 0.0539 e. The molecule has 0 fully saturated rings. The van der Waals surface area contributed by atoms with Gasteiger partial charge in [-0.2, -0.15) is 0 Å². The zero-order valence-corrected chi connectivity index (χ0v) is 36.1. The highest BCUT2D eigenvalue weighted by atomic mass is 79.9. The molecule has 0 N–H and O–H groups in total. The van der Waals surface area contributed by atoms with E-state index in [0.29, 0.717) is 0 Å². The van der Waals surface area contributed by atoms with Crippen molar-refractivity contribution in [3.8, 4) is 33.4 Å². The SMILES string of the molecule is Brc1ccc2c(c1)C(c1cc(C3c4cc(Br)ccc4-c4ccc(Br)cc43)cc(C3c4cc(Br)ccc4-c4ccc(Br)cc43)c1)c1cc(Br)ccc1-2. The third-order valence-electron chi connectivity index (χ3n) is 10.8. The molecule has 0 spiro atoms. The number of rotatable bonds is 3. The van der Waals surface area contributed by atoms with Gasteiger partial charge in [0.25, 0.3) is 0 Å². The van der Waals surface area contributed by atoms with Crippen LogP contribution in [0.5, 0.6) is 0 Å². The molecular weight excluding hydrogens is 1020 g/mol. The second-order valence-corrected chi connectivity index (χ2v) is 19.1. The number of hydrogen-bond acceptors (Lipinski definition) is 0. The maximum Gasteiger partial charge on any atom is 0.0353 e. The topological polar surface area (TPSA) is 0 Å². The molecule has 51 heavy (non-hydrogen) atoms. The van der Waals surface area contributed by atoms with Crippen LogP contribution in [0.1, 0.15) is 67.8 Å². The minimum absolute atomic E-state index is 0.0689. The van der Waals surface area contributed by atoms with Crippen LogP contribution < -0.4 is 0 Å².